The molecule has 8 heteroatoms. The van der Waals surface area contributed by atoms with Gasteiger partial charge in [-0.25, -0.2) is 0 Å². The van der Waals surface area contributed by atoms with Crippen molar-refractivity contribution in [1.82, 2.24) is 14.7 Å². The van der Waals surface area contributed by atoms with Gasteiger partial charge in [0.25, 0.3) is 17.7 Å². The topological polar surface area (TPSA) is 78.0 Å². The Kier molecular flexibility index (Phi) is 4.99. The van der Waals surface area contributed by atoms with Gasteiger partial charge in [-0.05, 0) is 39.0 Å². The second-order valence-electron chi connectivity index (χ2n) is 7.68. The molecule has 0 atom stereocenters. The minimum absolute atomic E-state index is 0.0703. The number of fused-ring (bicyclic) bond motifs is 1. The molecule has 0 aliphatic carbocycles. The van der Waals surface area contributed by atoms with Gasteiger partial charge in [0.15, 0.2) is 0 Å². The number of carbonyl (C=O) groups excluding carboxylic acids is 4. The van der Waals surface area contributed by atoms with Crippen LogP contribution < -0.4 is 0 Å². The van der Waals surface area contributed by atoms with E-state index in [1.807, 2.05) is 0 Å². The molecule has 0 spiro atoms. The number of imide groups is 1. The van der Waals surface area contributed by atoms with Crippen molar-refractivity contribution in [2.24, 2.45) is 0 Å². The Morgan fingerprint density at radius 1 is 0.963 bits per heavy atom. The number of amides is 4. The Balaban J connectivity index is 1.78. The minimum atomic E-state index is -0.636. The highest BCUT2D eigenvalue weighted by Gasteiger charge is 2.42. The molecule has 0 radical (unpaired) electrons. The third-order valence-corrected chi connectivity index (χ3v) is 5.07. The Morgan fingerprint density at radius 2 is 1.52 bits per heavy atom. The van der Waals surface area contributed by atoms with Crippen molar-refractivity contribution >= 4 is 35.2 Å². The molecule has 0 N–H and O–H groups in total. The van der Waals surface area contributed by atoms with Crippen LogP contribution in [0.3, 0.4) is 0 Å². The molecule has 2 aliphatic heterocycles. The zero-order valence-corrected chi connectivity index (χ0v) is 16.4. The molecular weight excluding hydrogens is 370 g/mol. The van der Waals surface area contributed by atoms with Gasteiger partial charge >= 0.3 is 0 Å². The van der Waals surface area contributed by atoms with Crippen molar-refractivity contribution in [3.8, 4) is 0 Å². The maximum Gasteiger partial charge on any atom is 0.262 e. The lowest BCUT2D eigenvalue weighted by Gasteiger charge is -2.34. The van der Waals surface area contributed by atoms with Crippen LogP contribution in [0.5, 0.6) is 0 Å². The number of hydrogen-bond donors (Lipinski definition) is 0. The number of nitrogens with zero attached hydrogens (tertiary/aromatic N) is 3. The van der Waals surface area contributed by atoms with Crippen LogP contribution >= 0.6 is 11.6 Å². The van der Waals surface area contributed by atoms with E-state index in [2.05, 4.69) is 0 Å². The largest absolute Gasteiger partial charge is 0.338 e. The van der Waals surface area contributed by atoms with Gasteiger partial charge in [0.2, 0.25) is 5.91 Å². The van der Waals surface area contributed by atoms with Crippen LogP contribution in [0.15, 0.2) is 18.2 Å². The Labute approximate surface area is 162 Å². The molecule has 2 heterocycles. The maximum absolute atomic E-state index is 12.8. The normalized spacial score (nSPS) is 17.4. The zero-order valence-electron chi connectivity index (χ0n) is 15.6. The SMILES string of the molecule is CC(C)(C)N1C(=O)c2ccc(C(=O)N3CCN(C(=O)CCl)CC3)cc2C1=O. The average Bonchev–Trinajstić information content (AvgIpc) is 2.90. The first kappa shape index (κ1) is 19.4. The van der Waals surface area contributed by atoms with Gasteiger partial charge in [0.05, 0.1) is 11.1 Å². The van der Waals surface area contributed by atoms with Gasteiger partial charge in [-0.3, -0.25) is 24.1 Å². The standard InChI is InChI=1S/C19H22ClN3O4/c1-19(2,3)23-17(26)13-5-4-12(10-14(13)18(23)27)16(25)22-8-6-21(7-9-22)15(24)11-20/h4-5,10H,6-9,11H2,1-3H3. The number of halogens is 1. The highest BCUT2D eigenvalue weighted by Crippen LogP contribution is 2.30. The second kappa shape index (κ2) is 6.96. The molecule has 4 amide bonds. The monoisotopic (exact) mass is 391 g/mol. The van der Waals surface area contributed by atoms with E-state index in [1.54, 1.807) is 42.7 Å². The summed E-state index contributed by atoms with van der Waals surface area (Å²) in [7, 11) is 0. The summed E-state index contributed by atoms with van der Waals surface area (Å²) in [5, 5.41) is 0. The summed E-state index contributed by atoms with van der Waals surface area (Å²) in [5.74, 6) is -1.15. The van der Waals surface area contributed by atoms with Crippen LogP contribution in [0.4, 0.5) is 0 Å². The van der Waals surface area contributed by atoms with E-state index in [0.29, 0.717) is 37.3 Å². The van der Waals surface area contributed by atoms with Crippen LogP contribution in [-0.4, -0.2) is 75.9 Å². The van der Waals surface area contributed by atoms with Gasteiger partial charge < -0.3 is 9.80 Å². The van der Waals surface area contributed by atoms with E-state index in [-0.39, 0.29) is 35.1 Å². The van der Waals surface area contributed by atoms with Crippen molar-refractivity contribution in [2.75, 3.05) is 32.1 Å². The average molecular weight is 392 g/mol. The molecule has 1 aromatic rings. The number of carbonyl (C=O) groups is 4. The molecular formula is C19H22ClN3O4. The number of benzene rings is 1. The van der Waals surface area contributed by atoms with E-state index in [9.17, 15) is 19.2 Å². The van der Waals surface area contributed by atoms with E-state index in [0.717, 1.165) is 0 Å². The van der Waals surface area contributed by atoms with E-state index < -0.39 is 5.54 Å². The Morgan fingerprint density at radius 3 is 2.07 bits per heavy atom. The number of piperazine rings is 1. The van der Waals surface area contributed by atoms with E-state index in [4.69, 9.17) is 11.6 Å². The summed E-state index contributed by atoms with van der Waals surface area (Å²) in [4.78, 5) is 54.1. The predicted octanol–water partition coefficient (Wildman–Crippen LogP) is 1.60. The van der Waals surface area contributed by atoms with Crippen LogP contribution in [-0.2, 0) is 4.79 Å². The van der Waals surface area contributed by atoms with Crippen LogP contribution in [0, 0.1) is 0 Å². The fraction of sp³-hybridized carbons (Fsp3) is 0.474. The van der Waals surface area contributed by atoms with Crippen LogP contribution in [0.2, 0.25) is 0 Å². The van der Waals surface area contributed by atoms with Gasteiger partial charge in [-0.1, -0.05) is 0 Å². The molecule has 27 heavy (non-hydrogen) atoms. The summed E-state index contributed by atoms with van der Waals surface area (Å²) >= 11 is 5.57. The lowest BCUT2D eigenvalue weighted by Crippen LogP contribution is -2.51. The second-order valence-corrected chi connectivity index (χ2v) is 7.95. The smallest absolute Gasteiger partial charge is 0.262 e. The summed E-state index contributed by atoms with van der Waals surface area (Å²) in [6.07, 6.45) is 0. The fourth-order valence-electron chi connectivity index (χ4n) is 3.41. The van der Waals surface area contributed by atoms with Crippen LogP contribution in [0.1, 0.15) is 51.8 Å². The summed E-state index contributed by atoms with van der Waals surface area (Å²) in [6.45, 7) is 7.04. The van der Waals surface area contributed by atoms with Gasteiger partial charge in [-0.15, -0.1) is 11.6 Å². The first-order valence-corrected chi connectivity index (χ1v) is 9.34. The van der Waals surface area contributed by atoms with Gasteiger partial charge in [0.1, 0.15) is 5.88 Å². The third kappa shape index (κ3) is 3.43. The van der Waals surface area contributed by atoms with Crippen molar-refractivity contribution in [1.29, 1.82) is 0 Å². The number of rotatable bonds is 2. The molecule has 3 rings (SSSR count). The minimum Gasteiger partial charge on any atom is -0.338 e. The Bertz CT molecular complexity index is 823. The molecule has 1 saturated heterocycles. The molecule has 0 bridgehead atoms. The van der Waals surface area contributed by atoms with Crippen molar-refractivity contribution < 1.29 is 19.2 Å². The van der Waals surface area contributed by atoms with E-state index >= 15 is 0 Å². The predicted molar refractivity (Wildman–Crippen MR) is 99.9 cm³/mol. The van der Waals surface area contributed by atoms with Gasteiger partial charge in [-0.2, -0.15) is 0 Å². The van der Waals surface area contributed by atoms with Crippen LogP contribution in [0.25, 0.3) is 0 Å². The molecule has 0 saturated carbocycles. The fourth-order valence-corrected chi connectivity index (χ4v) is 3.58. The summed E-state index contributed by atoms with van der Waals surface area (Å²) in [6, 6.07) is 4.62. The first-order chi connectivity index (χ1) is 12.6. The summed E-state index contributed by atoms with van der Waals surface area (Å²) in [5.41, 5.74) is 0.311. The highest BCUT2D eigenvalue weighted by atomic mass is 35.5. The zero-order chi connectivity index (χ0) is 19.9. The highest BCUT2D eigenvalue weighted by molar-refractivity contribution is 6.27. The van der Waals surface area contributed by atoms with Gasteiger partial charge in [0, 0.05) is 37.3 Å². The quantitative estimate of drug-likeness (QED) is 0.566. The molecule has 2 aliphatic rings. The molecule has 7 nitrogen and oxygen atoms in total. The lowest BCUT2D eigenvalue weighted by molar-refractivity contribution is -0.129. The van der Waals surface area contributed by atoms with Crippen molar-refractivity contribution in [3.05, 3.63) is 34.9 Å². The molecule has 1 fully saturated rings. The van der Waals surface area contributed by atoms with E-state index in [1.165, 1.54) is 11.0 Å². The van der Waals surface area contributed by atoms with Crippen molar-refractivity contribution in [3.63, 3.8) is 0 Å². The molecule has 0 aromatic heterocycles. The first-order valence-electron chi connectivity index (χ1n) is 8.81. The number of hydrogen-bond acceptors (Lipinski definition) is 4. The summed E-state index contributed by atoms with van der Waals surface area (Å²) < 4.78 is 0. The number of alkyl halides is 1. The molecule has 1 aromatic carbocycles. The van der Waals surface area contributed by atoms with Crippen molar-refractivity contribution in [2.45, 2.75) is 26.3 Å². The molecule has 0 unspecified atom stereocenters. The Hall–Kier alpha value is -2.41. The third-order valence-electron chi connectivity index (χ3n) is 4.84. The molecule has 144 valence electrons. The lowest BCUT2D eigenvalue weighted by atomic mass is 10.0. The maximum atomic E-state index is 12.8.